The van der Waals surface area contributed by atoms with E-state index in [2.05, 4.69) is 50.0 Å². The number of fused-ring (bicyclic) bond motifs is 1. The standard InChI is InChI=1S/C23H26BrN5O/c1-15-7-8-18-19(5-4-6-20(18)28-15)21(30)29-14-23(2,3)10-9-17(29)13-27-22-25-11-16(24)12-26-22/h4-8,11-12,17H,9-10,13-14H2,1-3H3,(H,25,26,27). The fraction of sp³-hybridized carbons (Fsp3) is 0.391. The molecule has 0 bridgehead atoms. The van der Waals surface area contributed by atoms with Gasteiger partial charge >= 0.3 is 0 Å². The van der Waals surface area contributed by atoms with Gasteiger partial charge in [-0.05, 0) is 59.3 Å². The number of benzene rings is 1. The fourth-order valence-corrected chi connectivity index (χ4v) is 4.25. The van der Waals surface area contributed by atoms with E-state index >= 15 is 0 Å². The third-order valence-corrected chi connectivity index (χ3v) is 6.08. The van der Waals surface area contributed by atoms with Crippen molar-refractivity contribution in [2.45, 2.75) is 39.7 Å². The molecule has 1 saturated heterocycles. The van der Waals surface area contributed by atoms with Gasteiger partial charge in [-0.3, -0.25) is 9.78 Å². The Hall–Kier alpha value is -2.54. The second kappa shape index (κ2) is 8.30. The summed E-state index contributed by atoms with van der Waals surface area (Å²) in [7, 11) is 0. The van der Waals surface area contributed by atoms with Gasteiger partial charge in [-0.25, -0.2) is 9.97 Å². The van der Waals surface area contributed by atoms with Crippen LogP contribution in [0.15, 0.2) is 47.2 Å². The summed E-state index contributed by atoms with van der Waals surface area (Å²) < 4.78 is 0.837. The van der Waals surface area contributed by atoms with Crippen LogP contribution >= 0.6 is 15.9 Å². The van der Waals surface area contributed by atoms with Gasteiger partial charge < -0.3 is 10.2 Å². The summed E-state index contributed by atoms with van der Waals surface area (Å²) in [6, 6.07) is 9.83. The molecule has 3 heterocycles. The first-order valence-electron chi connectivity index (χ1n) is 10.2. The van der Waals surface area contributed by atoms with Crippen LogP contribution in [0.5, 0.6) is 0 Å². The molecule has 1 aliphatic rings. The summed E-state index contributed by atoms with van der Waals surface area (Å²) in [6.45, 7) is 7.75. The average molecular weight is 468 g/mol. The molecule has 4 rings (SSSR count). The van der Waals surface area contributed by atoms with Crippen LogP contribution in [0.3, 0.4) is 0 Å². The van der Waals surface area contributed by atoms with Crippen LogP contribution in [0.1, 0.15) is 42.7 Å². The van der Waals surface area contributed by atoms with Gasteiger partial charge in [0.2, 0.25) is 5.95 Å². The molecule has 7 heteroatoms. The zero-order chi connectivity index (χ0) is 21.3. The molecule has 6 nitrogen and oxygen atoms in total. The number of amides is 1. The Balaban J connectivity index is 1.61. The molecule has 0 aliphatic carbocycles. The number of pyridine rings is 1. The molecule has 1 aliphatic heterocycles. The van der Waals surface area contributed by atoms with E-state index in [9.17, 15) is 4.79 Å². The molecule has 156 valence electrons. The second-order valence-electron chi connectivity index (χ2n) is 8.72. The predicted octanol–water partition coefficient (Wildman–Crippen LogP) is 4.84. The molecule has 30 heavy (non-hydrogen) atoms. The lowest BCUT2D eigenvalue weighted by Gasteiger charge is -2.44. The third kappa shape index (κ3) is 4.46. The van der Waals surface area contributed by atoms with Gasteiger partial charge in [0.1, 0.15) is 0 Å². The summed E-state index contributed by atoms with van der Waals surface area (Å²) in [6.07, 6.45) is 5.44. The van der Waals surface area contributed by atoms with Crippen molar-refractivity contribution in [2.75, 3.05) is 18.4 Å². The molecule has 0 spiro atoms. The Labute approximate surface area is 185 Å². The van der Waals surface area contributed by atoms with Crippen molar-refractivity contribution >= 4 is 38.7 Å². The van der Waals surface area contributed by atoms with Crippen molar-refractivity contribution < 1.29 is 4.79 Å². The van der Waals surface area contributed by atoms with Gasteiger partial charge in [0.25, 0.3) is 5.91 Å². The van der Waals surface area contributed by atoms with Crippen molar-refractivity contribution in [1.29, 1.82) is 0 Å². The molecule has 1 unspecified atom stereocenters. The number of piperidine rings is 1. The van der Waals surface area contributed by atoms with Gasteiger partial charge in [-0.15, -0.1) is 0 Å². The summed E-state index contributed by atoms with van der Waals surface area (Å²) in [4.78, 5) is 28.9. The summed E-state index contributed by atoms with van der Waals surface area (Å²) in [5, 5.41) is 4.20. The van der Waals surface area contributed by atoms with Gasteiger partial charge in [0.15, 0.2) is 0 Å². The van der Waals surface area contributed by atoms with Crippen molar-refractivity contribution in [1.82, 2.24) is 19.9 Å². The Morgan fingerprint density at radius 2 is 2.00 bits per heavy atom. The van der Waals surface area contributed by atoms with Crippen LogP contribution in [-0.2, 0) is 0 Å². The number of aryl methyl sites for hydroxylation is 1. The summed E-state index contributed by atoms with van der Waals surface area (Å²) in [5.74, 6) is 0.628. The second-order valence-corrected chi connectivity index (χ2v) is 9.64. The van der Waals surface area contributed by atoms with E-state index < -0.39 is 0 Å². The first-order valence-corrected chi connectivity index (χ1v) is 11.0. The van der Waals surface area contributed by atoms with Crippen molar-refractivity contribution in [3.8, 4) is 0 Å². The highest BCUT2D eigenvalue weighted by molar-refractivity contribution is 9.10. The molecule has 1 aromatic carbocycles. The first-order chi connectivity index (χ1) is 14.3. The van der Waals surface area contributed by atoms with Gasteiger partial charge in [-0.2, -0.15) is 0 Å². The molecule has 1 fully saturated rings. The van der Waals surface area contributed by atoms with E-state index in [0.717, 1.165) is 40.5 Å². The van der Waals surface area contributed by atoms with Crippen LogP contribution in [0, 0.1) is 12.3 Å². The predicted molar refractivity (Wildman–Crippen MR) is 123 cm³/mol. The van der Waals surface area contributed by atoms with E-state index in [1.807, 2.05) is 42.2 Å². The number of hydrogen-bond acceptors (Lipinski definition) is 5. The molecule has 1 N–H and O–H groups in total. The molecule has 1 atom stereocenters. The van der Waals surface area contributed by atoms with E-state index in [1.54, 1.807) is 12.4 Å². The summed E-state index contributed by atoms with van der Waals surface area (Å²) in [5.41, 5.74) is 2.60. The van der Waals surface area contributed by atoms with Gasteiger partial charge in [-0.1, -0.05) is 26.0 Å². The highest BCUT2D eigenvalue weighted by atomic mass is 79.9. The molecule has 3 aromatic rings. The van der Waals surface area contributed by atoms with Crippen LogP contribution < -0.4 is 5.32 Å². The topological polar surface area (TPSA) is 71.0 Å². The number of nitrogens with one attached hydrogen (secondary N) is 1. The zero-order valence-electron chi connectivity index (χ0n) is 17.5. The van der Waals surface area contributed by atoms with Crippen LogP contribution in [0.2, 0.25) is 0 Å². The first kappa shape index (κ1) is 20.7. The Morgan fingerprint density at radius 1 is 1.23 bits per heavy atom. The van der Waals surface area contributed by atoms with E-state index in [0.29, 0.717) is 18.1 Å². The molecular formula is C23H26BrN5O. The summed E-state index contributed by atoms with van der Waals surface area (Å²) >= 11 is 3.35. The monoisotopic (exact) mass is 467 g/mol. The third-order valence-electron chi connectivity index (χ3n) is 5.67. The molecule has 1 amide bonds. The minimum atomic E-state index is 0.0579. The van der Waals surface area contributed by atoms with Crippen LogP contribution in [0.4, 0.5) is 5.95 Å². The Morgan fingerprint density at radius 3 is 2.77 bits per heavy atom. The van der Waals surface area contributed by atoms with Crippen LogP contribution in [0.25, 0.3) is 10.9 Å². The molecule has 2 aromatic heterocycles. The number of carbonyl (C=O) groups is 1. The largest absolute Gasteiger partial charge is 0.352 e. The molecule has 0 saturated carbocycles. The number of aromatic nitrogens is 3. The van der Waals surface area contributed by atoms with Crippen LogP contribution in [-0.4, -0.2) is 44.9 Å². The maximum Gasteiger partial charge on any atom is 0.254 e. The number of likely N-dealkylation sites (tertiary alicyclic amines) is 1. The number of hydrogen-bond donors (Lipinski definition) is 1. The lowest BCUT2D eigenvalue weighted by Crippen LogP contribution is -2.52. The fourth-order valence-electron chi connectivity index (χ4n) is 4.04. The maximum absolute atomic E-state index is 13.7. The van der Waals surface area contributed by atoms with E-state index in [1.165, 1.54) is 0 Å². The lowest BCUT2D eigenvalue weighted by atomic mass is 9.81. The van der Waals surface area contributed by atoms with Crippen molar-refractivity contribution in [3.05, 3.63) is 58.5 Å². The maximum atomic E-state index is 13.7. The molecular weight excluding hydrogens is 442 g/mol. The number of anilines is 1. The lowest BCUT2D eigenvalue weighted by molar-refractivity contribution is 0.0421. The highest BCUT2D eigenvalue weighted by Gasteiger charge is 2.36. The Bertz CT molecular complexity index is 1070. The normalized spacial score (nSPS) is 18.4. The SMILES string of the molecule is Cc1ccc2c(C(=O)N3CC(C)(C)CCC3CNc3ncc(Br)cn3)cccc2n1. The number of nitrogens with zero attached hydrogens (tertiary/aromatic N) is 4. The van der Waals surface area contributed by atoms with Gasteiger partial charge in [0, 0.05) is 48.2 Å². The smallest absolute Gasteiger partial charge is 0.254 e. The van der Waals surface area contributed by atoms with E-state index in [-0.39, 0.29) is 17.4 Å². The minimum absolute atomic E-state index is 0.0579. The number of halogens is 1. The van der Waals surface area contributed by atoms with Crippen molar-refractivity contribution in [3.63, 3.8) is 0 Å². The molecule has 0 radical (unpaired) electrons. The zero-order valence-corrected chi connectivity index (χ0v) is 19.1. The number of carbonyl (C=O) groups excluding carboxylic acids is 1. The minimum Gasteiger partial charge on any atom is -0.352 e. The van der Waals surface area contributed by atoms with Gasteiger partial charge in [0.05, 0.1) is 9.99 Å². The average Bonchev–Trinajstić information content (AvgIpc) is 2.72. The van der Waals surface area contributed by atoms with E-state index in [4.69, 9.17) is 0 Å². The number of rotatable bonds is 4. The Kier molecular flexibility index (Phi) is 5.73. The van der Waals surface area contributed by atoms with Crippen molar-refractivity contribution in [2.24, 2.45) is 5.41 Å². The highest BCUT2D eigenvalue weighted by Crippen LogP contribution is 2.33. The quantitative estimate of drug-likeness (QED) is 0.594.